The third kappa shape index (κ3) is 7.98. The van der Waals surface area contributed by atoms with Gasteiger partial charge in [-0.05, 0) is 43.4 Å². The van der Waals surface area contributed by atoms with E-state index in [2.05, 4.69) is 29.4 Å². The summed E-state index contributed by atoms with van der Waals surface area (Å²) in [7, 11) is 1.62. The summed E-state index contributed by atoms with van der Waals surface area (Å²) in [5.41, 5.74) is 2.23. The highest BCUT2D eigenvalue weighted by Gasteiger charge is 2.21. The van der Waals surface area contributed by atoms with Gasteiger partial charge in [-0.1, -0.05) is 39.5 Å². The van der Waals surface area contributed by atoms with E-state index in [9.17, 15) is 9.59 Å². The second-order valence-corrected chi connectivity index (χ2v) is 8.36. The van der Waals surface area contributed by atoms with Crippen molar-refractivity contribution in [1.82, 2.24) is 5.32 Å². The van der Waals surface area contributed by atoms with Gasteiger partial charge in [-0.2, -0.15) is 0 Å². The highest BCUT2D eigenvalue weighted by molar-refractivity contribution is 6.02. The van der Waals surface area contributed by atoms with Crippen LogP contribution >= 0.6 is 0 Å². The molecular weight excluding hydrogens is 378 g/mol. The molecule has 0 unspecified atom stereocenters. The molecule has 168 valence electrons. The fourth-order valence-corrected chi connectivity index (χ4v) is 3.80. The number of hydrogen-bond acceptors (Lipinski definition) is 4. The molecule has 2 rings (SSSR count). The number of unbranched alkanes of at least 4 members (excludes halogenated alkanes) is 4. The van der Waals surface area contributed by atoms with E-state index in [1.165, 1.54) is 19.3 Å². The van der Waals surface area contributed by atoms with Gasteiger partial charge in [0.15, 0.2) is 0 Å². The smallest absolute Gasteiger partial charge is 0.253 e. The van der Waals surface area contributed by atoms with E-state index >= 15 is 0 Å². The number of benzene rings is 1. The summed E-state index contributed by atoms with van der Waals surface area (Å²) < 4.78 is 5.04. The van der Waals surface area contributed by atoms with E-state index in [1.54, 1.807) is 7.11 Å². The first-order chi connectivity index (χ1) is 14.5. The van der Waals surface area contributed by atoms with E-state index in [0.717, 1.165) is 50.4 Å². The fourth-order valence-electron chi connectivity index (χ4n) is 3.80. The summed E-state index contributed by atoms with van der Waals surface area (Å²) in [5, 5.41) is 5.89. The van der Waals surface area contributed by atoms with Crippen molar-refractivity contribution in [3.8, 4) is 0 Å². The lowest BCUT2D eigenvalue weighted by molar-refractivity contribution is -0.116. The Labute approximate surface area is 181 Å². The molecule has 2 amide bonds. The van der Waals surface area contributed by atoms with Crippen LogP contribution in [-0.4, -0.2) is 45.2 Å². The molecule has 6 heteroatoms. The highest BCUT2D eigenvalue weighted by atomic mass is 16.5. The predicted molar refractivity (Wildman–Crippen MR) is 123 cm³/mol. The SMILES string of the molecule is CCCCCCCC(=O)Nc1ccc(N2CCC(C)CC2)c(C(=O)NCCOC)c1. The lowest BCUT2D eigenvalue weighted by Crippen LogP contribution is -2.35. The maximum Gasteiger partial charge on any atom is 0.253 e. The molecular formula is C24H39N3O3. The number of amides is 2. The Balaban J connectivity index is 2.05. The molecule has 0 radical (unpaired) electrons. The van der Waals surface area contributed by atoms with Gasteiger partial charge in [-0.15, -0.1) is 0 Å². The van der Waals surface area contributed by atoms with E-state index in [-0.39, 0.29) is 11.8 Å². The minimum atomic E-state index is -0.128. The van der Waals surface area contributed by atoms with Crippen LogP contribution in [0.1, 0.15) is 75.6 Å². The van der Waals surface area contributed by atoms with Crippen LogP contribution in [0.4, 0.5) is 11.4 Å². The zero-order valence-electron chi connectivity index (χ0n) is 19.0. The quantitative estimate of drug-likeness (QED) is 0.488. The number of piperidine rings is 1. The van der Waals surface area contributed by atoms with Gasteiger partial charge in [0.2, 0.25) is 5.91 Å². The van der Waals surface area contributed by atoms with Crippen molar-refractivity contribution in [2.45, 2.75) is 65.2 Å². The molecule has 6 nitrogen and oxygen atoms in total. The van der Waals surface area contributed by atoms with Crippen LogP contribution in [0.3, 0.4) is 0 Å². The van der Waals surface area contributed by atoms with Gasteiger partial charge >= 0.3 is 0 Å². The van der Waals surface area contributed by atoms with Crippen molar-refractivity contribution in [3.05, 3.63) is 23.8 Å². The van der Waals surface area contributed by atoms with Gasteiger partial charge < -0.3 is 20.3 Å². The summed E-state index contributed by atoms with van der Waals surface area (Å²) >= 11 is 0. The summed E-state index contributed by atoms with van der Waals surface area (Å²) in [4.78, 5) is 27.5. The number of methoxy groups -OCH3 is 1. The number of carbonyl (C=O) groups is 2. The molecule has 0 bridgehead atoms. The van der Waals surface area contributed by atoms with Crippen molar-refractivity contribution < 1.29 is 14.3 Å². The zero-order chi connectivity index (χ0) is 21.8. The van der Waals surface area contributed by atoms with Crippen LogP contribution in [0, 0.1) is 5.92 Å². The number of nitrogens with zero attached hydrogens (tertiary/aromatic N) is 1. The van der Waals surface area contributed by atoms with Gasteiger partial charge in [-0.3, -0.25) is 9.59 Å². The first-order valence-electron chi connectivity index (χ1n) is 11.5. The lowest BCUT2D eigenvalue weighted by atomic mass is 9.97. The molecule has 1 saturated heterocycles. The maximum absolute atomic E-state index is 12.9. The highest BCUT2D eigenvalue weighted by Crippen LogP contribution is 2.29. The average molecular weight is 418 g/mol. The topological polar surface area (TPSA) is 70.7 Å². The van der Waals surface area contributed by atoms with E-state index < -0.39 is 0 Å². The lowest BCUT2D eigenvalue weighted by Gasteiger charge is -2.33. The number of nitrogens with one attached hydrogen (secondary N) is 2. The fraction of sp³-hybridized carbons (Fsp3) is 0.667. The third-order valence-electron chi connectivity index (χ3n) is 5.75. The Morgan fingerprint density at radius 1 is 1.13 bits per heavy atom. The number of rotatable bonds is 12. The average Bonchev–Trinajstić information content (AvgIpc) is 2.74. The monoisotopic (exact) mass is 417 g/mol. The summed E-state index contributed by atoms with van der Waals surface area (Å²) in [6, 6.07) is 5.69. The van der Waals surface area contributed by atoms with Crippen molar-refractivity contribution in [1.29, 1.82) is 0 Å². The zero-order valence-corrected chi connectivity index (χ0v) is 19.0. The van der Waals surface area contributed by atoms with Crippen LogP contribution in [0.5, 0.6) is 0 Å². The van der Waals surface area contributed by atoms with Crippen molar-refractivity contribution in [2.75, 3.05) is 43.6 Å². The van der Waals surface area contributed by atoms with E-state index in [1.807, 2.05) is 18.2 Å². The van der Waals surface area contributed by atoms with Gasteiger partial charge in [0.05, 0.1) is 12.2 Å². The minimum Gasteiger partial charge on any atom is -0.383 e. The minimum absolute atomic E-state index is 0.0109. The molecule has 1 heterocycles. The molecule has 0 spiro atoms. The van der Waals surface area contributed by atoms with Gasteiger partial charge in [0, 0.05) is 44.5 Å². The molecule has 1 aromatic rings. The Morgan fingerprint density at radius 2 is 1.87 bits per heavy atom. The second kappa shape index (κ2) is 13.3. The molecule has 0 atom stereocenters. The van der Waals surface area contributed by atoms with Crippen LogP contribution < -0.4 is 15.5 Å². The van der Waals surface area contributed by atoms with Crippen LogP contribution in [-0.2, 0) is 9.53 Å². The molecule has 0 aromatic heterocycles. The number of carbonyl (C=O) groups excluding carboxylic acids is 2. The van der Waals surface area contributed by atoms with Crippen molar-refractivity contribution in [2.24, 2.45) is 5.92 Å². The number of ether oxygens (including phenoxy) is 1. The van der Waals surface area contributed by atoms with Crippen molar-refractivity contribution in [3.63, 3.8) is 0 Å². The normalized spacial score (nSPS) is 14.6. The molecule has 1 aliphatic rings. The molecule has 2 N–H and O–H groups in total. The van der Waals surface area contributed by atoms with Crippen LogP contribution in [0.15, 0.2) is 18.2 Å². The van der Waals surface area contributed by atoms with Gasteiger partial charge in [0.1, 0.15) is 0 Å². The van der Waals surface area contributed by atoms with Crippen LogP contribution in [0.25, 0.3) is 0 Å². The summed E-state index contributed by atoms with van der Waals surface area (Å²) in [5.74, 6) is 0.601. The molecule has 0 saturated carbocycles. The third-order valence-corrected chi connectivity index (χ3v) is 5.75. The molecule has 0 aliphatic carbocycles. The Morgan fingerprint density at radius 3 is 2.57 bits per heavy atom. The summed E-state index contributed by atoms with van der Waals surface area (Å²) in [6.45, 7) is 7.28. The van der Waals surface area contributed by atoms with Gasteiger partial charge in [-0.25, -0.2) is 0 Å². The van der Waals surface area contributed by atoms with E-state index in [4.69, 9.17) is 4.74 Å². The first-order valence-corrected chi connectivity index (χ1v) is 11.5. The largest absolute Gasteiger partial charge is 0.383 e. The second-order valence-electron chi connectivity index (χ2n) is 8.36. The first kappa shape index (κ1) is 24.2. The van der Waals surface area contributed by atoms with Crippen LogP contribution in [0.2, 0.25) is 0 Å². The molecule has 30 heavy (non-hydrogen) atoms. The Hall–Kier alpha value is -2.08. The van der Waals surface area contributed by atoms with Crippen molar-refractivity contribution >= 4 is 23.2 Å². The molecule has 1 aromatic carbocycles. The number of hydrogen-bond donors (Lipinski definition) is 2. The molecule has 1 aliphatic heterocycles. The summed E-state index contributed by atoms with van der Waals surface area (Å²) in [6.07, 6.45) is 8.36. The standard InChI is InChI=1S/C24H39N3O3/c1-4-5-6-7-8-9-23(28)26-20-10-11-22(27-15-12-19(2)13-16-27)21(18-20)24(29)25-14-17-30-3/h10-11,18-19H,4-9,12-17H2,1-3H3,(H,25,29)(H,26,28). The molecule has 1 fully saturated rings. The Kier molecular flexibility index (Phi) is 10.7. The Bertz CT molecular complexity index is 670. The maximum atomic E-state index is 12.9. The number of anilines is 2. The van der Waals surface area contributed by atoms with Gasteiger partial charge in [0.25, 0.3) is 5.91 Å². The predicted octanol–water partition coefficient (Wildman–Crippen LogP) is 4.60. The van der Waals surface area contributed by atoms with E-state index in [0.29, 0.717) is 30.8 Å².